The minimum absolute atomic E-state index is 0.0932. The molecule has 37 heavy (non-hydrogen) atoms. The number of carbonyl (C=O) groups is 4. The van der Waals surface area contributed by atoms with Gasteiger partial charge in [0.25, 0.3) is 11.5 Å². The van der Waals surface area contributed by atoms with E-state index < -0.39 is 52.0 Å². The van der Waals surface area contributed by atoms with E-state index in [1.54, 1.807) is 20.8 Å². The lowest BCUT2D eigenvalue weighted by Crippen LogP contribution is -2.58. The van der Waals surface area contributed by atoms with Gasteiger partial charge in [0.15, 0.2) is 0 Å². The van der Waals surface area contributed by atoms with E-state index in [4.69, 9.17) is 10.5 Å². The van der Waals surface area contributed by atoms with E-state index in [1.807, 2.05) is 0 Å². The predicted molar refractivity (Wildman–Crippen MR) is 136 cm³/mol. The summed E-state index contributed by atoms with van der Waals surface area (Å²) in [6, 6.07) is -2.40. The highest BCUT2D eigenvalue weighted by Crippen LogP contribution is 2.37. The van der Waals surface area contributed by atoms with Crippen LogP contribution < -0.4 is 27.2 Å². The molecular weight excluding hydrogens is 504 g/mol. The second-order valence-corrected chi connectivity index (χ2v) is 11.2. The van der Waals surface area contributed by atoms with Crippen LogP contribution in [-0.2, 0) is 19.1 Å². The van der Waals surface area contributed by atoms with Crippen LogP contribution in [0.25, 0.3) is 0 Å². The molecule has 0 radical (unpaired) electrons. The number of nitrogens with two attached hydrogens (primary N) is 1. The molecule has 6 N–H and O–H groups in total. The summed E-state index contributed by atoms with van der Waals surface area (Å²) in [6.45, 7) is 5.44. The van der Waals surface area contributed by atoms with Gasteiger partial charge in [-0.25, -0.2) is 9.78 Å². The first kappa shape index (κ1) is 28.4. The van der Waals surface area contributed by atoms with Gasteiger partial charge in [-0.3, -0.25) is 29.1 Å². The molecule has 14 heteroatoms. The lowest BCUT2D eigenvalue weighted by Gasteiger charge is -2.32. The summed E-state index contributed by atoms with van der Waals surface area (Å²) in [6.07, 6.45) is 3.83. The number of hydrogen-bond donors (Lipinski definition) is 6. The lowest BCUT2D eigenvalue weighted by atomic mass is 9.93. The number of aliphatic hydroxyl groups is 1. The second-order valence-electron chi connectivity index (χ2n) is 10.5. The Kier molecular flexibility index (Phi) is 8.52. The minimum atomic E-state index is -2.45. The highest BCUT2D eigenvalue weighted by atomic mass is 32.1. The molecule has 0 unspecified atom stereocenters. The highest BCUT2D eigenvalue weighted by Gasteiger charge is 2.44. The first-order valence-electron chi connectivity index (χ1n) is 12.1. The molecule has 204 valence electrons. The van der Waals surface area contributed by atoms with E-state index in [1.165, 1.54) is 6.33 Å². The molecule has 0 bridgehead atoms. The van der Waals surface area contributed by atoms with E-state index >= 15 is 0 Å². The standard InChI is InChI=1S/C23H34N6O7S/c1-22(2,3)36-21(34)27-14-10-25-11-29(19(14)32)15(8-12-4-5-12)18(31)28-16(23(35,37)20(24)33)9-13-6-7-26-17(13)30/h10-13,15-16,35,37H,4-9H2,1-3H3,(H2,24,33)(H,26,30)(H,27,34)(H,28,31)/t13-,15-,16-,23-/m0/s1. The van der Waals surface area contributed by atoms with Crippen molar-refractivity contribution < 1.29 is 29.0 Å². The van der Waals surface area contributed by atoms with Crippen molar-refractivity contribution in [2.75, 3.05) is 11.9 Å². The van der Waals surface area contributed by atoms with Gasteiger partial charge in [0.1, 0.15) is 17.3 Å². The summed E-state index contributed by atoms with van der Waals surface area (Å²) in [5, 5.41) is 18.3. The fraction of sp³-hybridized carbons (Fsp3) is 0.652. The largest absolute Gasteiger partial charge is 0.444 e. The molecule has 1 aromatic heterocycles. The fourth-order valence-corrected chi connectivity index (χ4v) is 4.25. The Morgan fingerprint density at radius 2 is 1.95 bits per heavy atom. The molecule has 0 spiro atoms. The van der Waals surface area contributed by atoms with Crippen LogP contribution >= 0.6 is 12.6 Å². The van der Waals surface area contributed by atoms with E-state index in [9.17, 15) is 29.1 Å². The maximum Gasteiger partial charge on any atom is 0.412 e. The van der Waals surface area contributed by atoms with Crippen LogP contribution in [0.4, 0.5) is 10.5 Å². The van der Waals surface area contributed by atoms with Crippen molar-refractivity contribution >= 4 is 42.1 Å². The van der Waals surface area contributed by atoms with Crippen LogP contribution in [0.3, 0.4) is 0 Å². The van der Waals surface area contributed by atoms with Crippen LogP contribution in [0.5, 0.6) is 0 Å². The molecule has 4 amide bonds. The van der Waals surface area contributed by atoms with Crippen molar-refractivity contribution in [3.63, 3.8) is 0 Å². The van der Waals surface area contributed by atoms with Gasteiger partial charge < -0.3 is 26.2 Å². The summed E-state index contributed by atoms with van der Waals surface area (Å²) in [4.78, 5) is 64.5. The number of amides is 4. The van der Waals surface area contributed by atoms with Crippen molar-refractivity contribution in [3.8, 4) is 0 Å². The SMILES string of the molecule is CC(C)(C)OC(=O)Nc1cncn([C@@H](CC2CC2)C(=O)N[C@@H](C[C@@H]2CCNC2=O)[C@](O)(S)C(N)=O)c1=O. The Morgan fingerprint density at radius 1 is 1.27 bits per heavy atom. The topological polar surface area (TPSA) is 195 Å². The molecule has 3 rings (SSSR count). The Morgan fingerprint density at radius 3 is 2.49 bits per heavy atom. The first-order chi connectivity index (χ1) is 17.2. The van der Waals surface area contributed by atoms with Crippen molar-refractivity contribution in [1.82, 2.24) is 20.2 Å². The molecule has 1 aliphatic carbocycles. The van der Waals surface area contributed by atoms with Gasteiger partial charge in [-0.15, -0.1) is 12.6 Å². The first-order valence-corrected chi connectivity index (χ1v) is 12.5. The Labute approximate surface area is 219 Å². The molecule has 2 fully saturated rings. The molecule has 1 saturated carbocycles. The predicted octanol–water partition coefficient (Wildman–Crippen LogP) is 0.0462. The monoisotopic (exact) mass is 538 g/mol. The van der Waals surface area contributed by atoms with Crippen LogP contribution in [0, 0.1) is 11.8 Å². The molecule has 2 aliphatic rings. The van der Waals surface area contributed by atoms with Gasteiger partial charge in [0.2, 0.25) is 16.7 Å². The molecule has 1 aliphatic heterocycles. The van der Waals surface area contributed by atoms with Crippen LogP contribution in [0.15, 0.2) is 17.3 Å². The van der Waals surface area contributed by atoms with Gasteiger partial charge in [0.05, 0.1) is 18.6 Å². The summed E-state index contributed by atoms with van der Waals surface area (Å²) in [5.41, 5.74) is 3.66. The number of hydrogen-bond acceptors (Lipinski definition) is 9. The van der Waals surface area contributed by atoms with Gasteiger partial charge in [0, 0.05) is 12.5 Å². The van der Waals surface area contributed by atoms with E-state index in [-0.39, 0.29) is 30.4 Å². The number of aromatic nitrogens is 2. The lowest BCUT2D eigenvalue weighted by molar-refractivity contribution is -0.134. The molecule has 4 atom stereocenters. The number of carbonyl (C=O) groups excluding carboxylic acids is 4. The van der Waals surface area contributed by atoms with Crippen LogP contribution in [-0.4, -0.2) is 61.6 Å². The van der Waals surface area contributed by atoms with Crippen LogP contribution in [0.2, 0.25) is 0 Å². The summed E-state index contributed by atoms with van der Waals surface area (Å²) >= 11 is 3.99. The maximum absolute atomic E-state index is 13.5. The van der Waals surface area contributed by atoms with Crippen molar-refractivity contribution in [1.29, 1.82) is 0 Å². The number of rotatable bonds is 10. The smallest absolute Gasteiger partial charge is 0.412 e. The molecule has 13 nitrogen and oxygen atoms in total. The minimum Gasteiger partial charge on any atom is -0.444 e. The number of thiol groups is 1. The Balaban J connectivity index is 1.87. The zero-order valence-electron chi connectivity index (χ0n) is 21.0. The third-order valence-electron chi connectivity index (χ3n) is 6.24. The number of ether oxygens (including phenoxy) is 1. The number of nitrogens with zero attached hydrogens (tertiary/aromatic N) is 2. The van der Waals surface area contributed by atoms with Gasteiger partial charge >= 0.3 is 6.09 Å². The quantitative estimate of drug-likeness (QED) is 0.177. The maximum atomic E-state index is 13.5. The van der Waals surface area contributed by atoms with E-state index in [0.29, 0.717) is 13.0 Å². The number of nitrogens with one attached hydrogen (secondary N) is 3. The second kappa shape index (κ2) is 11.1. The zero-order valence-corrected chi connectivity index (χ0v) is 21.9. The van der Waals surface area contributed by atoms with E-state index in [2.05, 4.69) is 33.6 Å². The Hall–Kier alpha value is -3.13. The summed E-state index contributed by atoms with van der Waals surface area (Å²) in [5.74, 6) is -2.56. The normalized spacial score (nSPS) is 20.8. The van der Waals surface area contributed by atoms with Gasteiger partial charge in [-0.1, -0.05) is 12.8 Å². The molecule has 1 saturated heterocycles. The average Bonchev–Trinajstić information content (AvgIpc) is 3.52. The van der Waals surface area contributed by atoms with E-state index in [0.717, 1.165) is 23.6 Å². The number of anilines is 1. The molecule has 2 heterocycles. The fourth-order valence-electron chi connectivity index (χ4n) is 4.08. The number of primary amides is 1. The van der Waals surface area contributed by atoms with Gasteiger partial charge in [-0.2, -0.15) is 0 Å². The Bertz CT molecular complexity index is 1110. The summed E-state index contributed by atoms with van der Waals surface area (Å²) < 4.78 is 6.27. The van der Waals surface area contributed by atoms with Gasteiger partial charge in [-0.05, 0) is 46.0 Å². The third-order valence-corrected chi connectivity index (χ3v) is 6.77. The average molecular weight is 539 g/mol. The van der Waals surface area contributed by atoms with Crippen molar-refractivity contribution in [2.45, 2.75) is 75.5 Å². The van der Waals surface area contributed by atoms with Crippen molar-refractivity contribution in [2.24, 2.45) is 17.6 Å². The molecule has 0 aromatic carbocycles. The zero-order chi connectivity index (χ0) is 27.5. The van der Waals surface area contributed by atoms with Crippen LogP contribution in [0.1, 0.15) is 58.9 Å². The van der Waals surface area contributed by atoms with Crippen molar-refractivity contribution in [3.05, 3.63) is 22.9 Å². The molecule has 1 aromatic rings. The highest BCUT2D eigenvalue weighted by molar-refractivity contribution is 7.82. The summed E-state index contributed by atoms with van der Waals surface area (Å²) in [7, 11) is 0. The molecular formula is C23H34N6O7S. The third kappa shape index (κ3) is 7.44.